The lowest BCUT2D eigenvalue weighted by atomic mass is 9.98. The molecule has 3 heterocycles. The Kier molecular flexibility index (Phi) is 4.85. The monoisotopic (exact) mass is 292 g/mol. The second kappa shape index (κ2) is 6.83. The van der Waals surface area contributed by atoms with Crippen LogP contribution in [0.2, 0.25) is 0 Å². The van der Waals surface area contributed by atoms with E-state index in [2.05, 4.69) is 39.6 Å². The van der Waals surface area contributed by atoms with Gasteiger partial charge in [-0.1, -0.05) is 13.8 Å². The summed E-state index contributed by atoms with van der Waals surface area (Å²) in [4.78, 5) is 2.62. The molecule has 2 saturated heterocycles. The number of fused-ring (bicyclic) bond motifs is 2. The summed E-state index contributed by atoms with van der Waals surface area (Å²) >= 11 is 0. The summed E-state index contributed by atoms with van der Waals surface area (Å²) in [5.41, 5.74) is 0. The fourth-order valence-electron chi connectivity index (χ4n) is 3.91. The van der Waals surface area contributed by atoms with E-state index in [9.17, 15) is 0 Å². The number of hydrogen-bond acceptors (Lipinski definition) is 5. The molecule has 2 bridgehead atoms. The largest absolute Gasteiger partial charge is 0.311 e. The van der Waals surface area contributed by atoms with E-state index < -0.39 is 0 Å². The fraction of sp³-hybridized carbons (Fsp3) is 0.933. The van der Waals surface area contributed by atoms with E-state index in [4.69, 9.17) is 0 Å². The van der Waals surface area contributed by atoms with Gasteiger partial charge in [0.15, 0.2) is 5.82 Å². The Morgan fingerprint density at radius 2 is 1.95 bits per heavy atom. The third-order valence-corrected chi connectivity index (χ3v) is 4.86. The maximum atomic E-state index is 4.25. The number of tetrazole rings is 1. The molecule has 0 amide bonds. The molecule has 118 valence electrons. The third-order valence-electron chi connectivity index (χ3n) is 4.86. The molecule has 0 aliphatic carbocycles. The van der Waals surface area contributed by atoms with Gasteiger partial charge >= 0.3 is 0 Å². The van der Waals surface area contributed by atoms with E-state index in [1.165, 1.54) is 32.1 Å². The van der Waals surface area contributed by atoms with Crippen molar-refractivity contribution in [1.29, 1.82) is 0 Å². The first-order chi connectivity index (χ1) is 10.3. The van der Waals surface area contributed by atoms with Crippen LogP contribution in [0.1, 0.15) is 58.2 Å². The maximum Gasteiger partial charge on any atom is 0.165 e. The van der Waals surface area contributed by atoms with Gasteiger partial charge in [0.25, 0.3) is 0 Å². The van der Waals surface area contributed by atoms with Crippen LogP contribution in [0.5, 0.6) is 0 Å². The molecule has 0 spiro atoms. The Morgan fingerprint density at radius 1 is 1.19 bits per heavy atom. The Hall–Kier alpha value is -1.01. The number of piperidine rings is 1. The Bertz CT molecular complexity index is 433. The average Bonchev–Trinajstić information content (AvgIpc) is 3.05. The molecule has 2 atom stereocenters. The van der Waals surface area contributed by atoms with Gasteiger partial charge in [-0.25, -0.2) is 4.68 Å². The summed E-state index contributed by atoms with van der Waals surface area (Å²) < 4.78 is 1.97. The average molecular weight is 292 g/mol. The van der Waals surface area contributed by atoms with Gasteiger partial charge < -0.3 is 5.32 Å². The van der Waals surface area contributed by atoms with E-state index in [1.54, 1.807) is 0 Å². The first-order valence-electron chi connectivity index (χ1n) is 8.55. The summed E-state index contributed by atoms with van der Waals surface area (Å²) in [5, 5.41) is 16.0. The van der Waals surface area contributed by atoms with Crippen LogP contribution in [0.3, 0.4) is 0 Å². The maximum absolute atomic E-state index is 4.25. The fourth-order valence-corrected chi connectivity index (χ4v) is 3.91. The van der Waals surface area contributed by atoms with Crippen molar-refractivity contribution in [1.82, 2.24) is 30.4 Å². The van der Waals surface area contributed by atoms with Gasteiger partial charge in [0.05, 0.1) is 6.54 Å². The van der Waals surface area contributed by atoms with Crippen LogP contribution in [-0.2, 0) is 13.1 Å². The predicted octanol–water partition coefficient (Wildman–Crippen LogP) is 1.58. The van der Waals surface area contributed by atoms with Gasteiger partial charge in [0.2, 0.25) is 0 Å². The molecule has 2 unspecified atom stereocenters. The summed E-state index contributed by atoms with van der Waals surface area (Å²) in [5.74, 6) is 1.02. The molecule has 0 aromatic carbocycles. The van der Waals surface area contributed by atoms with Crippen molar-refractivity contribution in [3.63, 3.8) is 0 Å². The SMILES string of the molecule is CCCN(Cc1nnnn1CCC)C1CC2CCC(C1)N2. The topological polar surface area (TPSA) is 58.9 Å². The second-order valence-corrected chi connectivity index (χ2v) is 6.55. The van der Waals surface area contributed by atoms with E-state index in [-0.39, 0.29) is 0 Å². The summed E-state index contributed by atoms with van der Waals surface area (Å²) in [7, 11) is 0. The number of rotatable bonds is 7. The smallest absolute Gasteiger partial charge is 0.165 e. The van der Waals surface area contributed by atoms with Crippen molar-refractivity contribution >= 4 is 0 Å². The van der Waals surface area contributed by atoms with Gasteiger partial charge in [-0.3, -0.25) is 4.90 Å². The van der Waals surface area contributed by atoms with Gasteiger partial charge in [-0.15, -0.1) is 5.10 Å². The Labute approximate surface area is 127 Å². The number of aromatic nitrogens is 4. The van der Waals surface area contributed by atoms with Crippen molar-refractivity contribution in [2.45, 2.75) is 83.6 Å². The highest BCUT2D eigenvalue weighted by Gasteiger charge is 2.36. The Balaban J connectivity index is 1.67. The van der Waals surface area contributed by atoms with Crippen molar-refractivity contribution < 1.29 is 0 Å². The van der Waals surface area contributed by atoms with E-state index in [0.717, 1.165) is 44.0 Å². The predicted molar refractivity (Wildman–Crippen MR) is 81.8 cm³/mol. The lowest BCUT2D eigenvalue weighted by Crippen LogP contribution is -2.48. The summed E-state index contributed by atoms with van der Waals surface area (Å²) in [6, 6.07) is 2.16. The lowest BCUT2D eigenvalue weighted by molar-refractivity contribution is 0.129. The van der Waals surface area contributed by atoms with Gasteiger partial charge in [-0.05, 0) is 55.5 Å². The van der Waals surface area contributed by atoms with Crippen LogP contribution < -0.4 is 5.32 Å². The number of aryl methyl sites for hydroxylation is 1. The molecule has 2 aliphatic heterocycles. The quantitative estimate of drug-likeness (QED) is 0.827. The molecular formula is C15H28N6. The second-order valence-electron chi connectivity index (χ2n) is 6.55. The first kappa shape index (κ1) is 14.9. The zero-order valence-corrected chi connectivity index (χ0v) is 13.3. The molecule has 0 radical (unpaired) electrons. The molecule has 1 aromatic heterocycles. The molecule has 21 heavy (non-hydrogen) atoms. The number of hydrogen-bond donors (Lipinski definition) is 1. The highest BCUT2D eigenvalue weighted by atomic mass is 15.5. The van der Waals surface area contributed by atoms with Crippen LogP contribution in [0, 0.1) is 0 Å². The highest BCUT2D eigenvalue weighted by molar-refractivity contribution is 4.96. The van der Waals surface area contributed by atoms with Crippen molar-refractivity contribution in [2.75, 3.05) is 6.54 Å². The standard InChI is InChI=1S/C15H28N6/c1-3-7-20(11-15-17-18-19-21(15)8-4-2)14-9-12-5-6-13(10-14)16-12/h12-14,16H,3-11H2,1-2H3. The zero-order chi connectivity index (χ0) is 14.7. The highest BCUT2D eigenvalue weighted by Crippen LogP contribution is 2.30. The van der Waals surface area contributed by atoms with Crippen molar-refractivity contribution in [2.24, 2.45) is 0 Å². The van der Waals surface area contributed by atoms with Crippen LogP contribution >= 0.6 is 0 Å². The van der Waals surface area contributed by atoms with E-state index in [1.807, 2.05) is 4.68 Å². The normalized spacial score (nSPS) is 28.4. The minimum Gasteiger partial charge on any atom is -0.311 e. The molecule has 1 N–H and O–H groups in total. The molecule has 0 saturated carbocycles. The van der Waals surface area contributed by atoms with Crippen LogP contribution in [-0.4, -0.2) is 49.8 Å². The Morgan fingerprint density at radius 3 is 2.62 bits per heavy atom. The zero-order valence-electron chi connectivity index (χ0n) is 13.3. The van der Waals surface area contributed by atoms with E-state index >= 15 is 0 Å². The van der Waals surface area contributed by atoms with Crippen molar-refractivity contribution in [3.8, 4) is 0 Å². The van der Waals surface area contributed by atoms with E-state index in [0.29, 0.717) is 6.04 Å². The van der Waals surface area contributed by atoms with Gasteiger partial charge in [0, 0.05) is 24.7 Å². The molecule has 6 heteroatoms. The van der Waals surface area contributed by atoms with Crippen LogP contribution in [0.15, 0.2) is 0 Å². The minimum absolute atomic E-state index is 0.690. The summed E-state index contributed by atoms with van der Waals surface area (Å²) in [6.07, 6.45) is 7.54. The minimum atomic E-state index is 0.690. The summed E-state index contributed by atoms with van der Waals surface area (Å²) in [6.45, 7) is 7.38. The molecule has 2 fully saturated rings. The molecule has 2 aliphatic rings. The van der Waals surface area contributed by atoms with Crippen molar-refractivity contribution in [3.05, 3.63) is 5.82 Å². The van der Waals surface area contributed by atoms with Crippen LogP contribution in [0.4, 0.5) is 0 Å². The van der Waals surface area contributed by atoms with Gasteiger partial charge in [-0.2, -0.15) is 0 Å². The molecular weight excluding hydrogens is 264 g/mol. The molecule has 1 aromatic rings. The third kappa shape index (κ3) is 3.43. The van der Waals surface area contributed by atoms with Crippen LogP contribution in [0.25, 0.3) is 0 Å². The number of nitrogens with zero attached hydrogens (tertiary/aromatic N) is 5. The van der Waals surface area contributed by atoms with Gasteiger partial charge in [0.1, 0.15) is 0 Å². The first-order valence-corrected chi connectivity index (χ1v) is 8.55. The number of nitrogens with one attached hydrogen (secondary N) is 1. The molecule has 3 rings (SSSR count). The molecule has 6 nitrogen and oxygen atoms in total. The lowest BCUT2D eigenvalue weighted by Gasteiger charge is -2.37.